The van der Waals surface area contributed by atoms with E-state index in [0.717, 1.165) is 108 Å². The van der Waals surface area contributed by atoms with E-state index in [1.165, 1.54) is 148 Å². The summed E-state index contributed by atoms with van der Waals surface area (Å²) in [6.07, 6.45) is 43.3. The molecule has 3 unspecified atom stereocenters. The van der Waals surface area contributed by atoms with Gasteiger partial charge in [0.25, 0.3) is 0 Å². The van der Waals surface area contributed by atoms with Crippen molar-refractivity contribution in [2.75, 3.05) is 39.6 Å². The highest BCUT2D eigenvalue weighted by molar-refractivity contribution is 7.47. The number of carbonyl (C=O) groups is 4. The molecule has 0 heterocycles. The summed E-state index contributed by atoms with van der Waals surface area (Å²) in [6, 6.07) is 0. The maximum Gasteiger partial charge on any atom is 0.472 e. The van der Waals surface area contributed by atoms with Gasteiger partial charge in [0.15, 0.2) is 12.2 Å². The number of aliphatic hydroxyl groups excluding tert-OH is 1. The van der Waals surface area contributed by atoms with Crippen LogP contribution in [0.3, 0.4) is 0 Å². The summed E-state index contributed by atoms with van der Waals surface area (Å²) in [5, 5.41) is 10.6. The minimum absolute atomic E-state index is 0.102. The van der Waals surface area contributed by atoms with Gasteiger partial charge in [0.1, 0.15) is 19.3 Å². The first-order valence-electron chi connectivity index (χ1n) is 36.7. The third kappa shape index (κ3) is 63.5. The van der Waals surface area contributed by atoms with Crippen molar-refractivity contribution < 1.29 is 80.2 Å². The summed E-state index contributed by atoms with van der Waals surface area (Å²) in [7, 11) is -9.90. The molecule has 0 saturated heterocycles. The van der Waals surface area contributed by atoms with E-state index in [9.17, 15) is 43.2 Å². The van der Waals surface area contributed by atoms with Crippen molar-refractivity contribution in [1.29, 1.82) is 0 Å². The van der Waals surface area contributed by atoms with Crippen molar-refractivity contribution in [3.05, 3.63) is 0 Å². The largest absolute Gasteiger partial charge is 0.472 e. The number of aliphatic hydroxyl groups is 1. The van der Waals surface area contributed by atoms with Crippen LogP contribution in [0, 0.1) is 23.7 Å². The maximum absolute atomic E-state index is 13.0. The fourth-order valence-electron chi connectivity index (χ4n) is 10.6. The molecule has 0 aromatic carbocycles. The Hall–Kier alpha value is -1.94. The van der Waals surface area contributed by atoms with Crippen molar-refractivity contribution in [2.24, 2.45) is 23.7 Å². The molecule has 3 N–H and O–H groups in total. The quantitative estimate of drug-likeness (QED) is 0.0222. The van der Waals surface area contributed by atoms with Gasteiger partial charge in [-0.1, -0.05) is 299 Å². The van der Waals surface area contributed by atoms with Crippen LogP contribution >= 0.6 is 15.6 Å². The van der Waals surface area contributed by atoms with Gasteiger partial charge < -0.3 is 33.8 Å². The van der Waals surface area contributed by atoms with Gasteiger partial charge in [0.05, 0.1) is 26.4 Å². The average molecular weight is 1330 g/mol. The Morgan fingerprint density at radius 3 is 0.789 bits per heavy atom. The Morgan fingerprint density at radius 2 is 0.533 bits per heavy atom. The Morgan fingerprint density at radius 1 is 0.311 bits per heavy atom. The number of phosphoric ester groups is 2. The van der Waals surface area contributed by atoms with E-state index in [-0.39, 0.29) is 25.7 Å². The molecule has 90 heavy (non-hydrogen) atoms. The first-order chi connectivity index (χ1) is 43.1. The summed E-state index contributed by atoms with van der Waals surface area (Å²) in [5.74, 6) is 0.848. The summed E-state index contributed by atoms with van der Waals surface area (Å²) in [5.41, 5.74) is 0. The molecule has 0 radical (unpaired) electrons. The smallest absolute Gasteiger partial charge is 0.462 e. The molecule has 0 aliphatic heterocycles. The number of phosphoric acid groups is 2. The van der Waals surface area contributed by atoms with Crippen LogP contribution in [-0.4, -0.2) is 96.7 Å². The molecule has 17 nitrogen and oxygen atoms in total. The highest BCUT2D eigenvalue weighted by Crippen LogP contribution is 2.45. The highest BCUT2D eigenvalue weighted by atomic mass is 31.2. The monoisotopic (exact) mass is 1320 g/mol. The van der Waals surface area contributed by atoms with Crippen LogP contribution in [-0.2, 0) is 65.4 Å². The predicted molar refractivity (Wildman–Crippen MR) is 363 cm³/mol. The van der Waals surface area contributed by atoms with E-state index in [0.29, 0.717) is 37.5 Å². The second-order valence-electron chi connectivity index (χ2n) is 27.3. The Kier molecular flexibility index (Phi) is 59.4. The lowest BCUT2D eigenvalue weighted by Gasteiger charge is -2.21. The lowest BCUT2D eigenvalue weighted by molar-refractivity contribution is -0.161. The Labute approximate surface area is 549 Å². The summed E-state index contributed by atoms with van der Waals surface area (Å²) < 4.78 is 68.3. The molecule has 0 fully saturated rings. The van der Waals surface area contributed by atoms with Crippen LogP contribution in [0.1, 0.15) is 351 Å². The normalized spacial score (nSPS) is 14.6. The topological polar surface area (TPSA) is 237 Å². The number of esters is 4. The van der Waals surface area contributed by atoms with Gasteiger partial charge in [-0.05, 0) is 49.4 Å². The zero-order chi connectivity index (χ0) is 66.8. The van der Waals surface area contributed by atoms with Gasteiger partial charge in [-0.3, -0.25) is 37.3 Å². The second kappa shape index (κ2) is 60.7. The third-order valence-electron chi connectivity index (χ3n) is 16.7. The third-order valence-corrected chi connectivity index (χ3v) is 18.6. The molecule has 0 bridgehead atoms. The van der Waals surface area contributed by atoms with Crippen molar-refractivity contribution >= 4 is 39.5 Å². The van der Waals surface area contributed by atoms with Gasteiger partial charge in [0, 0.05) is 25.7 Å². The first-order valence-corrected chi connectivity index (χ1v) is 39.7. The molecule has 0 amide bonds. The van der Waals surface area contributed by atoms with Crippen LogP contribution in [0.4, 0.5) is 0 Å². The number of rotatable bonds is 68. The number of hydrogen-bond donors (Lipinski definition) is 3. The molecule has 19 heteroatoms. The van der Waals surface area contributed by atoms with Crippen LogP contribution in [0.25, 0.3) is 0 Å². The second-order valence-corrected chi connectivity index (χ2v) is 30.2. The van der Waals surface area contributed by atoms with Crippen LogP contribution in [0.15, 0.2) is 0 Å². The fraction of sp³-hybridized carbons (Fsp3) is 0.944. The van der Waals surface area contributed by atoms with Gasteiger partial charge >= 0.3 is 39.5 Å². The molecule has 0 saturated carbocycles. The number of carbonyl (C=O) groups excluding carboxylic acids is 4. The summed E-state index contributed by atoms with van der Waals surface area (Å²) >= 11 is 0. The molecule has 534 valence electrons. The van der Waals surface area contributed by atoms with E-state index in [4.69, 9.17) is 37.0 Å². The van der Waals surface area contributed by atoms with Crippen molar-refractivity contribution in [3.8, 4) is 0 Å². The maximum atomic E-state index is 13.0. The molecule has 0 rings (SSSR count). The van der Waals surface area contributed by atoms with E-state index in [1.54, 1.807) is 0 Å². The van der Waals surface area contributed by atoms with Gasteiger partial charge in [0.2, 0.25) is 0 Å². The standard InChI is InChI=1S/C71H138O17P2/c1-9-64(8)50-42-34-25-19-14-12-10-11-13-15-21-27-37-45-53-70(75)87-66(57-81-68(73)51-43-35-26-20-17-16-18-23-31-39-47-61(2)3)59-85-89(77,78)83-55-65(72)56-84-90(79,80)86-60-67(58-82-69(74)52-44-36-30-29-33-41-49-63(6)7)88-71(76)54-46-38-28-22-24-32-40-48-62(4)5/h61-67,72H,9-60H2,1-8H3,(H,77,78)(H,79,80)/t64?,65-,66-,67-/m1/s1. The summed E-state index contributed by atoms with van der Waals surface area (Å²) in [6.45, 7) is 14.1. The van der Waals surface area contributed by atoms with Crippen LogP contribution in [0.5, 0.6) is 0 Å². The number of ether oxygens (including phenoxy) is 4. The highest BCUT2D eigenvalue weighted by Gasteiger charge is 2.30. The molecular weight excluding hydrogens is 1190 g/mol. The molecular formula is C71H138O17P2. The molecule has 0 aromatic rings. The minimum atomic E-state index is -4.95. The number of hydrogen-bond acceptors (Lipinski definition) is 15. The predicted octanol–water partition coefficient (Wildman–Crippen LogP) is 20.1. The van der Waals surface area contributed by atoms with Gasteiger partial charge in [-0.15, -0.1) is 0 Å². The van der Waals surface area contributed by atoms with E-state index in [2.05, 4.69) is 55.4 Å². The zero-order valence-electron chi connectivity index (χ0n) is 58.8. The van der Waals surface area contributed by atoms with Crippen molar-refractivity contribution in [1.82, 2.24) is 0 Å². The number of unbranched alkanes of at least 4 members (excludes halogenated alkanes) is 33. The molecule has 6 atom stereocenters. The van der Waals surface area contributed by atoms with E-state index in [1.807, 2.05) is 0 Å². The van der Waals surface area contributed by atoms with E-state index >= 15 is 0 Å². The average Bonchev–Trinajstić information content (AvgIpc) is 3.69. The SMILES string of the molecule is CCC(C)CCCCCCCCCCCCCCCCC(=O)O[C@H](COC(=O)CCCCCCCCCCCCC(C)C)COP(=O)(O)OC[C@@H](O)COP(=O)(O)OC[C@@H](COC(=O)CCCCCCCCC(C)C)OC(=O)CCCCCCCCCC(C)C. The Bertz CT molecular complexity index is 1780. The molecule has 0 aliphatic carbocycles. The van der Waals surface area contributed by atoms with E-state index < -0.39 is 97.5 Å². The van der Waals surface area contributed by atoms with Crippen molar-refractivity contribution in [2.45, 2.75) is 369 Å². The lowest BCUT2D eigenvalue weighted by Crippen LogP contribution is -2.30. The molecule has 0 aliphatic rings. The van der Waals surface area contributed by atoms with Gasteiger partial charge in [-0.25, -0.2) is 9.13 Å². The fourth-order valence-corrected chi connectivity index (χ4v) is 12.2. The van der Waals surface area contributed by atoms with Crippen LogP contribution in [0.2, 0.25) is 0 Å². The molecule has 0 aromatic heterocycles. The Balaban J connectivity index is 5.23. The first kappa shape index (κ1) is 88.1. The minimum Gasteiger partial charge on any atom is -0.462 e. The molecule has 0 spiro atoms. The summed E-state index contributed by atoms with van der Waals surface area (Å²) in [4.78, 5) is 72.5. The zero-order valence-corrected chi connectivity index (χ0v) is 60.6. The van der Waals surface area contributed by atoms with Crippen LogP contribution < -0.4 is 0 Å². The lowest BCUT2D eigenvalue weighted by atomic mass is 9.99. The van der Waals surface area contributed by atoms with Crippen molar-refractivity contribution in [3.63, 3.8) is 0 Å². The van der Waals surface area contributed by atoms with Gasteiger partial charge in [-0.2, -0.15) is 0 Å².